The Balaban J connectivity index is 1.97. The number of nitrogens with zero attached hydrogens (tertiary/aromatic N) is 2. The van der Waals surface area contributed by atoms with Crippen LogP contribution in [0.5, 0.6) is 0 Å². The van der Waals surface area contributed by atoms with E-state index in [2.05, 4.69) is 59.7 Å². The summed E-state index contributed by atoms with van der Waals surface area (Å²) in [6.07, 6.45) is 0. The minimum Gasteiger partial charge on any atom is -0.356 e. The summed E-state index contributed by atoms with van der Waals surface area (Å²) in [5, 5.41) is 4.21. The number of aromatic nitrogens is 2. The van der Waals surface area contributed by atoms with Crippen LogP contribution < -0.4 is 5.32 Å². The molecule has 17 heavy (non-hydrogen) atoms. The van der Waals surface area contributed by atoms with Gasteiger partial charge in [0.25, 0.3) is 0 Å². The van der Waals surface area contributed by atoms with Crippen LogP contribution in [0.25, 0.3) is 0 Å². The second kappa shape index (κ2) is 5.27. The lowest BCUT2D eigenvalue weighted by molar-refractivity contribution is 0.799. The fourth-order valence-corrected chi connectivity index (χ4v) is 2.24. The molecule has 0 spiro atoms. The van der Waals surface area contributed by atoms with Crippen LogP contribution in [0.1, 0.15) is 36.7 Å². The highest BCUT2D eigenvalue weighted by atomic mass is 32.1. The molecule has 0 unspecified atom stereocenters. The summed E-state index contributed by atoms with van der Waals surface area (Å²) >= 11 is 1.43. The van der Waals surface area contributed by atoms with E-state index >= 15 is 0 Å². The lowest BCUT2D eigenvalue weighted by atomic mass is 10.1. The Morgan fingerprint density at radius 1 is 1.35 bits per heavy atom. The molecule has 2 rings (SSSR count). The van der Waals surface area contributed by atoms with Crippen molar-refractivity contribution in [3.63, 3.8) is 0 Å². The summed E-state index contributed by atoms with van der Waals surface area (Å²) in [6.45, 7) is 7.11. The van der Waals surface area contributed by atoms with Crippen molar-refractivity contribution in [1.29, 1.82) is 0 Å². The van der Waals surface area contributed by atoms with Gasteiger partial charge in [0, 0.05) is 24.0 Å². The molecule has 0 bridgehead atoms. The summed E-state index contributed by atoms with van der Waals surface area (Å²) in [5.74, 6) is 1.31. The minimum absolute atomic E-state index is 0.390. The monoisotopic (exact) mass is 247 g/mol. The Kier molecular flexibility index (Phi) is 3.74. The van der Waals surface area contributed by atoms with Crippen LogP contribution in [0.15, 0.2) is 24.3 Å². The Morgan fingerprint density at radius 3 is 2.82 bits per heavy atom. The van der Waals surface area contributed by atoms with Crippen molar-refractivity contribution in [2.75, 3.05) is 5.32 Å². The third kappa shape index (κ3) is 3.27. The van der Waals surface area contributed by atoms with Crippen LogP contribution >= 0.6 is 11.5 Å². The van der Waals surface area contributed by atoms with Crippen LogP contribution in [0, 0.1) is 6.92 Å². The number of aryl methyl sites for hydroxylation is 1. The molecule has 1 aromatic carbocycles. The van der Waals surface area contributed by atoms with Crippen molar-refractivity contribution in [2.45, 2.75) is 33.2 Å². The van der Waals surface area contributed by atoms with Crippen LogP contribution in [-0.4, -0.2) is 9.36 Å². The Labute approximate surface area is 106 Å². The summed E-state index contributed by atoms with van der Waals surface area (Å²) < 4.78 is 4.31. The number of hydrogen-bond donors (Lipinski definition) is 1. The fraction of sp³-hybridized carbons (Fsp3) is 0.385. The summed E-state index contributed by atoms with van der Waals surface area (Å²) in [6, 6.07) is 8.47. The second-order valence-electron chi connectivity index (χ2n) is 4.46. The third-order valence-corrected chi connectivity index (χ3v) is 3.17. The maximum Gasteiger partial charge on any atom is 0.202 e. The third-order valence-electron chi connectivity index (χ3n) is 2.48. The molecule has 0 aliphatic rings. The van der Waals surface area contributed by atoms with E-state index in [1.54, 1.807) is 0 Å². The SMILES string of the molecule is Cc1cccc(CNc2nc(C(C)C)ns2)c1. The van der Waals surface area contributed by atoms with Crippen LogP contribution in [-0.2, 0) is 6.54 Å². The highest BCUT2D eigenvalue weighted by Gasteiger charge is 2.06. The van der Waals surface area contributed by atoms with Gasteiger partial charge in [-0.1, -0.05) is 43.7 Å². The van der Waals surface area contributed by atoms with Crippen molar-refractivity contribution in [2.24, 2.45) is 0 Å². The molecule has 0 radical (unpaired) electrons. The van der Waals surface area contributed by atoms with E-state index in [0.717, 1.165) is 17.5 Å². The number of hydrogen-bond acceptors (Lipinski definition) is 4. The zero-order valence-electron chi connectivity index (χ0n) is 10.4. The van der Waals surface area contributed by atoms with Crippen molar-refractivity contribution in [1.82, 2.24) is 9.36 Å². The van der Waals surface area contributed by atoms with Crippen molar-refractivity contribution in [3.05, 3.63) is 41.2 Å². The molecule has 3 nitrogen and oxygen atoms in total. The average Bonchev–Trinajstić information content (AvgIpc) is 2.75. The Bertz CT molecular complexity index is 491. The summed E-state index contributed by atoms with van der Waals surface area (Å²) in [5.41, 5.74) is 2.55. The van der Waals surface area contributed by atoms with Gasteiger partial charge in [0.15, 0.2) is 0 Å². The minimum atomic E-state index is 0.390. The number of anilines is 1. The molecule has 90 valence electrons. The van der Waals surface area contributed by atoms with Crippen molar-refractivity contribution in [3.8, 4) is 0 Å². The van der Waals surface area contributed by atoms with E-state index in [4.69, 9.17) is 0 Å². The van der Waals surface area contributed by atoms with Gasteiger partial charge >= 0.3 is 0 Å². The zero-order chi connectivity index (χ0) is 12.3. The highest BCUT2D eigenvalue weighted by Crippen LogP contribution is 2.18. The van der Waals surface area contributed by atoms with E-state index in [1.165, 1.54) is 22.7 Å². The predicted octanol–water partition coefficient (Wildman–Crippen LogP) is 3.58. The van der Waals surface area contributed by atoms with Gasteiger partial charge in [0.2, 0.25) is 5.13 Å². The molecule has 0 fully saturated rings. The quantitative estimate of drug-likeness (QED) is 0.897. The second-order valence-corrected chi connectivity index (χ2v) is 5.21. The normalized spacial score (nSPS) is 10.8. The standard InChI is InChI=1S/C13H17N3S/c1-9(2)12-15-13(17-16-12)14-8-11-6-4-5-10(3)7-11/h4-7,9H,8H2,1-3H3,(H,14,15,16). The highest BCUT2D eigenvalue weighted by molar-refractivity contribution is 7.09. The molecule has 0 aliphatic carbocycles. The van der Waals surface area contributed by atoms with Crippen LogP contribution in [0.4, 0.5) is 5.13 Å². The van der Waals surface area contributed by atoms with E-state index in [9.17, 15) is 0 Å². The summed E-state index contributed by atoms with van der Waals surface area (Å²) in [7, 11) is 0. The zero-order valence-corrected chi connectivity index (χ0v) is 11.2. The molecule has 0 saturated heterocycles. The van der Waals surface area contributed by atoms with Gasteiger partial charge < -0.3 is 5.32 Å². The van der Waals surface area contributed by atoms with E-state index in [0.29, 0.717) is 5.92 Å². The van der Waals surface area contributed by atoms with Crippen LogP contribution in [0.2, 0.25) is 0 Å². The first-order valence-electron chi connectivity index (χ1n) is 5.78. The molecule has 0 atom stereocenters. The topological polar surface area (TPSA) is 37.8 Å². The van der Waals surface area contributed by atoms with Gasteiger partial charge in [0.05, 0.1) is 0 Å². The molecule has 0 aliphatic heterocycles. The van der Waals surface area contributed by atoms with Gasteiger partial charge in [-0.2, -0.15) is 4.37 Å². The van der Waals surface area contributed by atoms with Gasteiger partial charge in [-0.15, -0.1) is 0 Å². The maximum atomic E-state index is 4.44. The number of benzene rings is 1. The molecular weight excluding hydrogens is 230 g/mol. The van der Waals surface area contributed by atoms with Crippen molar-refractivity contribution < 1.29 is 0 Å². The van der Waals surface area contributed by atoms with Gasteiger partial charge in [0.1, 0.15) is 5.82 Å². The molecule has 4 heteroatoms. The van der Waals surface area contributed by atoms with Crippen molar-refractivity contribution >= 4 is 16.7 Å². The smallest absolute Gasteiger partial charge is 0.202 e. The lowest BCUT2D eigenvalue weighted by Crippen LogP contribution is -1.99. The summed E-state index contributed by atoms with van der Waals surface area (Å²) in [4.78, 5) is 4.44. The van der Waals surface area contributed by atoms with Gasteiger partial charge in [-0.05, 0) is 12.5 Å². The molecule has 1 aromatic heterocycles. The Morgan fingerprint density at radius 2 is 2.18 bits per heavy atom. The lowest BCUT2D eigenvalue weighted by Gasteiger charge is -2.03. The Hall–Kier alpha value is -1.42. The first-order valence-corrected chi connectivity index (χ1v) is 6.55. The molecule has 0 saturated carbocycles. The molecule has 2 aromatic rings. The molecular formula is C13H17N3S. The van der Waals surface area contributed by atoms with E-state index in [-0.39, 0.29) is 0 Å². The van der Waals surface area contributed by atoms with E-state index in [1.807, 2.05) is 0 Å². The molecule has 1 heterocycles. The van der Waals surface area contributed by atoms with Crippen LogP contribution in [0.3, 0.4) is 0 Å². The largest absolute Gasteiger partial charge is 0.356 e. The first-order chi connectivity index (χ1) is 8.15. The molecule has 0 amide bonds. The van der Waals surface area contributed by atoms with Gasteiger partial charge in [-0.25, -0.2) is 4.98 Å². The van der Waals surface area contributed by atoms with E-state index < -0.39 is 0 Å². The molecule has 1 N–H and O–H groups in total. The number of rotatable bonds is 4. The first kappa shape index (κ1) is 12.0. The predicted molar refractivity (Wildman–Crippen MR) is 72.5 cm³/mol. The average molecular weight is 247 g/mol. The fourth-order valence-electron chi connectivity index (χ4n) is 1.54. The maximum absolute atomic E-state index is 4.44. The number of nitrogens with one attached hydrogen (secondary N) is 1. The van der Waals surface area contributed by atoms with Gasteiger partial charge in [-0.3, -0.25) is 0 Å².